The van der Waals surface area contributed by atoms with Crippen LogP contribution >= 0.6 is 0 Å². The van der Waals surface area contributed by atoms with Gasteiger partial charge in [0.15, 0.2) is 0 Å². The second kappa shape index (κ2) is 4.72. The third-order valence-electron chi connectivity index (χ3n) is 3.39. The summed E-state index contributed by atoms with van der Waals surface area (Å²) in [6, 6.07) is 0. The fourth-order valence-electron chi connectivity index (χ4n) is 2.18. The molecule has 16 heavy (non-hydrogen) atoms. The second-order valence-electron chi connectivity index (χ2n) is 5.46. The molecule has 0 aliphatic carbocycles. The van der Waals surface area contributed by atoms with Crippen LogP contribution in [-0.4, -0.2) is 40.1 Å². The highest BCUT2D eigenvalue weighted by Gasteiger charge is 2.36. The summed E-state index contributed by atoms with van der Waals surface area (Å²) < 4.78 is 0. The molecule has 1 aliphatic heterocycles. The second-order valence-corrected chi connectivity index (χ2v) is 5.46. The molecule has 3 N–H and O–H groups in total. The van der Waals surface area contributed by atoms with Crippen LogP contribution in [0.3, 0.4) is 0 Å². The molecule has 1 fully saturated rings. The minimum absolute atomic E-state index is 0.0184. The van der Waals surface area contributed by atoms with Crippen LogP contribution in [0, 0.1) is 0 Å². The molecule has 1 unspecified atom stereocenters. The van der Waals surface area contributed by atoms with Crippen molar-refractivity contribution in [3.63, 3.8) is 0 Å². The van der Waals surface area contributed by atoms with Crippen molar-refractivity contribution in [2.45, 2.75) is 57.6 Å². The summed E-state index contributed by atoms with van der Waals surface area (Å²) in [6.45, 7) is 6.87. The Bertz CT molecular complexity index is 252. The molecular weight excluding hydrogens is 204 g/mol. The SMILES string of the molecule is CCCC(C)(N)C(=O)N1CCC(C)(O)CC1. The molecular formula is C12H24N2O2. The molecule has 1 saturated heterocycles. The van der Waals surface area contributed by atoms with Gasteiger partial charge in [-0.1, -0.05) is 13.3 Å². The lowest BCUT2D eigenvalue weighted by Crippen LogP contribution is -2.56. The molecule has 0 aromatic rings. The van der Waals surface area contributed by atoms with E-state index < -0.39 is 11.1 Å². The molecule has 0 spiro atoms. The third kappa shape index (κ3) is 3.19. The normalized spacial score (nSPS) is 23.9. The van der Waals surface area contributed by atoms with Crippen molar-refractivity contribution in [2.75, 3.05) is 13.1 Å². The van der Waals surface area contributed by atoms with Gasteiger partial charge in [0.25, 0.3) is 0 Å². The Morgan fingerprint density at radius 1 is 1.50 bits per heavy atom. The van der Waals surface area contributed by atoms with Gasteiger partial charge in [0, 0.05) is 13.1 Å². The van der Waals surface area contributed by atoms with E-state index in [0.717, 1.165) is 6.42 Å². The van der Waals surface area contributed by atoms with E-state index in [1.54, 1.807) is 11.8 Å². The summed E-state index contributed by atoms with van der Waals surface area (Å²) in [5, 5.41) is 9.81. The molecule has 0 aromatic heterocycles. The predicted molar refractivity (Wildman–Crippen MR) is 63.9 cm³/mol. The summed E-state index contributed by atoms with van der Waals surface area (Å²) in [7, 11) is 0. The van der Waals surface area contributed by atoms with Gasteiger partial charge >= 0.3 is 0 Å². The number of amides is 1. The van der Waals surface area contributed by atoms with Crippen molar-refractivity contribution in [3.05, 3.63) is 0 Å². The molecule has 0 radical (unpaired) electrons. The summed E-state index contributed by atoms with van der Waals surface area (Å²) in [5.74, 6) is 0.0184. The minimum Gasteiger partial charge on any atom is -0.390 e. The standard InChI is InChI=1S/C12H24N2O2/c1-4-5-12(3,13)10(15)14-8-6-11(2,16)7-9-14/h16H,4-9,13H2,1-3H3. The van der Waals surface area contributed by atoms with Gasteiger partial charge in [-0.05, 0) is 33.1 Å². The maximum atomic E-state index is 12.1. The van der Waals surface area contributed by atoms with Crippen LogP contribution in [0.25, 0.3) is 0 Å². The molecule has 1 rings (SSSR count). The Morgan fingerprint density at radius 3 is 2.44 bits per heavy atom. The molecule has 4 heteroatoms. The average molecular weight is 228 g/mol. The third-order valence-corrected chi connectivity index (χ3v) is 3.39. The number of piperidine rings is 1. The van der Waals surface area contributed by atoms with Gasteiger partial charge in [0.2, 0.25) is 5.91 Å². The van der Waals surface area contributed by atoms with Crippen LogP contribution in [0.1, 0.15) is 46.5 Å². The minimum atomic E-state index is -0.752. The van der Waals surface area contributed by atoms with Crippen molar-refractivity contribution in [2.24, 2.45) is 5.73 Å². The number of nitrogens with zero attached hydrogens (tertiary/aromatic N) is 1. The average Bonchev–Trinajstić information content (AvgIpc) is 2.16. The first-order valence-electron chi connectivity index (χ1n) is 6.09. The topological polar surface area (TPSA) is 66.6 Å². The van der Waals surface area contributed by atoms with Gasteiger partial charge in [-0.15, -0.1) is 0 Å². The zero-order valence-electron chi connectivity index (χ0n) is 10.6. The molecule has 0 aromatic carbocycles. The van der Waals surface area contributed by atoms with Crippen LogP contribution in [0.15, 0.2) is 0 Å². The van der Waals surface area contributed by atoms with Gasteiger partial charge in [0.05, 0.1) is 11.1 Å². The number of carbonyl (C=O) groups excluding carboxylic acids is 1. The van der Waals surface area contributed by atoms with Crippen LogP contribution in [0.5, 0.6) is 0 Å². The number of aliphatic hydroxyl groups is 1. The summed E-state index contributed by atoms with van der Waals surface area (Å²) >= 11 is 0. The van der Waals surface area contributed by atoms with E-state index in [-0.39, 0.29) is 5.91 Å². The van der Waals surface area contributed by atoms with E-state index in [2.05, 4.69) is 0 Å². The zero-order valence-corrected chi connectivity index (χ0v) is 10.6. The Kier molecular flexibility index (Phi) is 3.97. The van der Waals surface area contributed by atoms with Crippen LogP contribution in [0.4, 0.5) is 0 Å². The lowest BCUT2D eigenvalue weighted by Gasteiger charge is -2.39. The van der Waals surface area contributed by atoms with Crippen molar-refractivity contribution in [1.29, 1.82) is 0 Å². The van der Waals surface area contributed by atoms with Crippen LogP contribution in [0.2, 0.25) is 0 Å². The Hall–Kier alpha value is -0.610. The molecule has 0 bridgehead atoms. The number of likely N-dealkylation sites (tertiary alicyclic amines) is 1. The summed E-state index contributed by atoms with van der Waals surface area (Å²) in [6.07, 6.45) is 2.89. The van der Waals surface area contributed by atoms with E-state index in [1.165, 1.54) is 0 Å². The van der Waals surface area contributed by atoms with E-state index in [1.807, 2.05) is 13.8 Å². The van der Waals surface area contributed by atoms with E-state index in [9.17, 15) is 9.90 Å². The lowest BCUT2D eigenvalue weighted by atomic mass is 9.90. The largest absolute Gasteiger partial charge is 0.390 e. The fraction of sp³-hybridized carbons (Fsp3) is 0.917. The van der Waals surface area contributed by atoms with E-state index in [0.29, 0.717) is 32.4 Å². The highest BCUT2D eigenvalue weighted by atomic mass is 16.3. The molecule has 1 atom stereocenters. The van der Waals surface area contributed by atoms with E-state index in [4.69, 9.17) is 5.73 Å². The van der Waals surface area contributed by atoms with Gasteiger partial charge in [-0.3, -0.25) is 4.79 Å². The molecule has 4 nitrogen and oxygen atoms in total. The van der Waals surface area contributed by atoms with Gasteiger partial charge in [0.1, 0.15) is 0 Å². The van der Waals surface area contributed by atoms with Crippen LogP contribution in [-0.2, 0) is 4.79 Å². The first-order chi connectivity index (χ1) is 7.28. The van der Waals surface area contributed by atoms with Crippen molar-refractivity contribution < 1.29 is 9.90 Å². The van der Waals surface area contributed by atoms with Crippen molar-refractivity contribution in [3.8, 4) is 0 Å². The molecule has 94 valence electrons. The summed E-state index contributed by atoms with van der Waals surface area (Å²) in [5.41, 5.74) is 4.64. The van der Waals surface area contributed by atoms with Gasteiger partial charge in [-0.2, -0.15) is 0 Å². The monoisotopic (exact) mass is 228 g/mol. The maximum absolute atomic E-state index is 12.1. The van der Waals surface area contributed by atoms with Gasteiger partial charge < -0.3 is 15.7 Å². The Balaban J connectivity index is 2.57. The molecule has 1 aliphatic rings. The van der Waals surface area contributed by atoms with Crippen LogP contribution < -0.4 is 5.73 Å². The maximum Gasteiger partial charge on any atom is 0.242 e. The smallest absolute Gasteiger partial charge is 0.242 e. The number of rotatable bonds is 3. The van der Waals surface area contributed by atoms with E-state index >= 15 is 0 Å². The lowest BCUT2D eigenvalue weighted by molar-refractivity contribution is -0.140. The molecule has 1 amide bonds. The molecule has 1 heterocycles. The Morgan fingerprint density at radius 2 is 2.00 bits per heavy atom. The highest BCUT2D eigenvalue weighted by Crippen LogP contribution is 2.23. The van der Waals surface area contributed by atoms with Gasteiger partial charge in [-0.25, -0.2) is 0 Å². The highest BCUT2D eigenvalue weighted by molar-refractivity contribution is 5.85. The fourth-order valence-corrected chi connectivity index (χ4v) is 2.18. The first-order valence-corrected chi connectivity index (χ1v) is 6.09. The van der Waals surface area contributed by atoms with Crippen molar-refractivity contribution in [1.82, 2.24) is 4.90 Å². The Labute approximate surface area is 97.8 Å². The summed E-state index contributed by atoms with van der Waals surface area (Å²) in [4.78, 5) is 13.9. The number of carbonyl (C=O) groups is 1. The number of nitrogens with two attached hydrogens (primary N) is 1. The zero-order chi connectivity index (χ0) is 12.4. The quantitative estimate of drug-likeness (QED) is 0.753. The predicted octanol–water partition coefficient (Wildman–Crippen LogP) is 0.877. The first kappa shape index (κ1) is 13.5. The number of hydrogen-bond acceptors (Lipinski definition) is 3. The van der Waals surface area contributed by atoms with Crippen molar-refractivity contribution >= 4 is 5.91 Å². The molecule has 0 saturated carbocycles. The number of hydrogen-bond donors (Lipinski definition) is 2.